The molecule has 1 aromatic carbocycles. The normalized spacial score (nSPS) is 11.2. The summed E-state index contributed by atoms with van der Waals surface area (Å²) in [5.41, 5.74) is 0.426. The predicted octanol–water partition coefficient (Wildman–Crippen LogP) is 4.52. The van der Waals surface area contributed by atoms with Crippen LogP contribution in [0, 0.1) is 0 Å². The second kappa shape index (κ2) is 9.00. The Kier molecular flexibility index (Phi) is 7.01. The number of amides is 1. The third-order valence-electron chi connectivity index (χ3n) is 3.15. The maximum Gasteiger partial charge on any atom is 0.288 e. The lowest BCUT2D eigenvalue weighted by Gasteiger charge is -2.19. The Balaban J connectivity index is 1.95. The Bertz CT molecular complexity index is 620. The van der Waals surface area contributed by atoms with E-state index in [0.29, 0.717) is 28.9 Å². The molecule has 0 aliphatic rings. The van der Waals surface area contributed by atoms with Crippen molar-refractivity contribution >= 4 is 34.7 Å². The number of carbonyl (C=O) groups excluding carboxylic acids is 1. The van der Waals surface area contributed by atoms with Crippen molar-refractivity contribution < 1.29 is 13.6 Å². The van der Waals surface area contributed by atoms with Crippen molar-refractivity contribution in [2.75, 3.05) is 18.4 Å². The van der Waals surface area contributed by atoms with Gasteiger partial charge in [-0.3, -0.25) is 9.69 Å². The van der Waals surface area contributed by atoms with E-state index in [9.17, 15) is 13.6 Å². The number of rotatable bonds is 8. The maximum absolute atomic E-state index is 12.6. The molecule has 1 N–H and O–H groups in total. The summed E-state index contributed by atoms with van der Waals surface area (Å²) in [4.78, 5) is 15.8. The second-order valence-electron chi connectivity index (χ2n) is 4.81. The van der Waals surface area contributed by atoms with E-state index in [1.165, 1.54) is 4.88 Å². The van der Waals surface area contributed by atoms with Crippen LogP contribution < -0.4 is 5.32 Å². The number of halogens is 2. The van der Waals surface area contributed by atoms with E-state index >= 15 is 0 Å². The molecule has 2 rings (SSSR count). The summed E-state index contributed by atoms with van der Waals surface area (Å²) in [6, 6.07) is 10.6. The van der Waals surface area contributed by atoms with Crippen LogP contribution in [0.3, 0.4) is 0 Å². The molecule has 0 radical (unpaired) electrons. The number of thioether (sulfide) groups is 1. The molecule has 0 saturated carbocycles. The third kappa shape index (κ3) is 5.93. The lowest BCUT2D eigenvalue weighted by molar-refractivity contribution is -0.117. The van der Waals surface area contributed by atoms with Gasteiger partial charge in [0, 0.05) is 16.3 Å². The van der Waals surface area contributed by atoms with Crippen LogP contribution >= 0.6 is 23.1 Å². The van der Waals surface area contributed by atoms with Crippen molar-refractivity contribution in [1.82, 2.24) is 4.90 Å². The SMILES string of the molecule is CCN(CC(=O)Nc1ccccc1SC(F)F)Cc1cccs1. The van der Waals surface area contributed by atoms with Gasteiger partial charge >= 0.3 is 0 Å². The van der Waals surface area contributed by atoms with E-state index in [2.05, 4.69) is 5.32 Å². The maximum atomic E-state index is 12.6. The Hall–Kier alpha value is -1.44. The fourth-order valence-corrected chi connectivity index (χ4v) is 3.41. The highest BCUT2D eigenvalue weighted by Gasteiger charge is 2.14. The monoisotopic (exact) mass is 356 g/mol. The third-order valence-corrected chi connectivity index (χ3v) is 4.80. The van der Waals surface area contributed by atoms with E-state index in [-0.39, 0.29) is 12.5 Å². The molecule has 0 unspecified atom stereocenters. The second-order valence-corrected chi connectivity index (χ2v) is 6.87. The van der Waals surface area contributed by atoms with Crippen molar-refractivity contribution in [2.24, 2.45) is 0 Å². The average molecular weight is 356 g/mol. The molecule has 7 heteroatoms. The fourth-order valence-electron chi connectivity index (χ4n) is 2.06. The average Bonchev–Trinajstić information content (AvgIpc) is 3.01. The Morgan fingerprint density at radius 3 is 2.74 bits per heavy atom. The minimum atomic E-state index is -2.51. The number of nitrogens with one attached hydrogen (secondary N) is 1. The Morgan fingerprint density at radius 1 is 1.30 bits per heavy atom. The summed E-state index contributed by atoms with van der Waals surface area (Å²) in [5, 5.41) is 4.73. The van der Waals surface area contributed by atoms with Crippen molar-refractivity contribution in [3.05, 3.63) is 46.7 Å². The summed E-state index contributed by atoms with van der Waals surface area (Å²) in [7, 11) is 0. The predicted molar refractivity (Wildman–Crippen MR) is 92.2 cm³/mol. The Morgan fingerprint density at radius 2 is 2.09 bits per heavy atom. The zero-order chi connectivity index (χ0) is 16.7. The van der Waals surface area contributed by atoms with Gasteiger partial charge in [-0.15, -0.1) is 11.3 Å². The van der Waals surface area contributed by atoms with Gasteiger partial charge in [0.2, 0.25) is 5.91 Å². The fraction of sp³-hybridized carbons (Fsp3) is 0.312. The largest absolute Gasteiger partial charge is 0.324 e. The van der Waals surface area contributed by atoms with Crippen molar-refractivity contribution in [3.8, 4) is 0 Å². The van der Waals surface area contributed by atoms with Crippen LogP contribution in [0.2, 0.25) is 0 Å². The van der Waals surface area contributed by atoms with Gasteiger partial charge in [0.1, 0.15) is 0 Å². The number of thiophene rings is 1. The van der Waals surface area contributed by atoms with Crippen LogP contribution in [0.25, 0.3) is 0 Å². The van der Waals surface area contributed by atoms with Gasteiger partial charge in [0.15, 0.2) is 0 Å². The minimum absolute atomic E-state index is 0.203. The number of carbonyl (C=O) groups is 1. The van der Waals surface area contributed by atoms with E-state index in [0.717, 1.165) is 6.54 Å². The first-order valence-corrected chi connectivity index (χ1v) is 8.93. The number of nitrogens with zero attached hydrogens (tertiary/aromatic N) is 1. The van der Waals surface area contributed by atoms with Gasteiger partial charge in [-0.1, -0.05) is 36.9 Å². The van der Waals surface area contributed by atoms with Crippen LogP contribution in [0.1, 0.15) is 11.8 Å². The number of alkyl halides is 2. The number of likely N-dealkylation sites (N-methyl/N-ethyl adjacent to an activating group) is 1. The van der Waals surface area contributed by atoms with E-state index in [1.54, 1.807) is 35.6 Å². The Labute approximate surface area is 142 Å². The number of hydrogen-bond acceptors (Lipinski definition) is 4. The van der Waals surface area contributed by atoms with Crippen LogP contribution in [-0.4, -0.2) is 29.7 Å². The molecule has 23 heavy (non-hydrogen) atoms. The summed E-state index contributed by atoms with van der Waals surface area (Å²) >= 11 is 2.08. The van der Waals surface area contributed by atoms with Crippen molar-refractivity contribution in [3.63, 3.8) is 0 Å². The molecule has 1 heterocycles. The van der Waals surface area contributed by atoms with Crippen LogP contribution in [-0.2, 0) is 11.3 Å². The molecular weight excluding hydrogens is 338 g/mol. The molecular formula is C16H18F2N2OS2. The molecule has 0 bridgehead atoms. The molecule has 3 nitrogen and oxygen atoms in total. The summed E-state index contributed by atoms with van der Waals surface area (Å²) in [5.74, 6) is -2.72. The number of benzene rings is 1. The highest BCUT2D eigenvalue weighted by molar-refractivity contribution is 7.99. The summed E-state index contributed by atoms with van der Waals surface area (Å²) in [6.07, 6.45) is 0. The lowest BCUT2D eigenvalue weighted by atomic mass is 10.3. The van der Waals surface area contributed by atoms with Crippen molar-refractivity contribution in [2.45, 2.75) is 24.1 Å². The summed E-state index contributed by atoms with van der Waals surface area (Å²) < 4.78 is 25.1. The molecule has 0 saturated heterocycles. The molecule has 124 valence electrons. The van der Waals surface area contributed by atoms with Crippen LogP contribution in [0.5, 0.6) is 0 Å². The highest BCUT2D eigenvalue weighted by atomic mass is 32.2. The zero-order valence-corrected chi connectivity index (χ0v) is 14.3. The first-order valence-electron chi connectivity index (χ1n) is 7.17. The van der Waals surface area contributed by atoms with Crippen LogP contribution in [0.15, 0.2) is 46.7 Å². The van der Waals surface area contributed by atoms with E-state index in [1.807, 2.05) is 29.3 Å². The molecule has 0 aliphatic heterocycles. The standard InChI is InChI=1S/C16H18F2N2OS2/c1-2-20(10-12-6-5-9-22-12)11-15(21)19-13-7-3-4-8-14(13)23-16(17)18/h3-9,16H,2,10-11H2,1H3,(H,19,21). The first kappa shape index (κ1) is 17.9. The number of anilines is 1. The van der Waals surface area contributed by atoms with Gasteiger partial charge in [-0.25, -0.2) is 0 Å². The quantitative estimate of drug-likeness (QED) is 0.706. The molecule has 1 aromatic heterocycles. The molecule has 2 aromatic rings. The number of hydrogen-bond donors (Lipinski definition) is 1. The smallest absolute Gasteiger partial charge is 0.288 e. The molecule has 0 spiro atoms. The highest BCUT2D eigenvalue weighted by Crippen LogP contribution is 2.31. The molecule has 0 atom stereocenters. The van der Waals surface area contributed by atoms with Gasteiger partial charge < -0.3 is 5.32 Å². The van der Waals surface area contributed by atoms with Gasteiger partial charge in [0.25, 0.3) is 5.76 Å². The van der Waals surface area contributed by atoms with E-state index < -0.39 is 5.76 Å². The van der Waals surface area contributed by atoms with Crippen LogP contribution in [0.4, 0.5) is 14.5 Å². The summed E-state index contributed by atoms with van der Waals surface area (Å²) in [6.45, 7) is 3.65. The number of para-hydroxylation sites is 1. The first-order chi connectivity index (χ1) is 11.1. The molecule has 1 amide bonds. The van der Waals surface area contributed by atoms with Gasteiger partial charge in [-0.2, -0.15) is 8.78 Å². The molecule has 0 fully saturated rings. The van der Waals surface area contributed by atoms with Crippen molar-refractivity contribution in [1.29, 1.82) is 0 Å². The lowest BCUT2D eigenvalue weighted by Crippen LogP contribution is -2.32. The van der Waals surface area contributed by atoms with Gasteiger partial charge in [-0.05, 0) is 30.1 Å². The molecule has 0 aliphatic carbocycles. The van der Waals surface area contributed by atoms with E-state index in [4.69, 9.17) is 0 Å². The van der Waals surface area contributed by atoms with Gasteiger partial charge in [0.05, 0.1) is 12.2 Å². The zero-order valence-electron chi connectivity index (χ0n) is 12.7. The minimum Gasteiger partial charge on any atom is -0.324 e. The topological polar surface area (TPSA) is 32.3 Å².